The molecule has 4 unspecified atom stereocenters. The molecule has 5 nitrogen and oxygen atoms in total. The molecule has 5 atom stereocenters. The Bertz CT molecular complexity index is 1090. The lowest BCUT2D eigenvalue weighted by Crippen LogP contribution is -2.45. The zero-order valence-electron chi connectivity index (χ0n) is 19.3. The highest BCUT2D eigenvalue weighted by atomic mass is 35.5. The summed E-state index contributed by atoms with van der Waals surface area (Å²) in [5.74, 6) is 0.936. The van der Waals surface area contributed by atoms with Crippen LogP contribution in [0.3, 0.4) is 0 Å². The fraction of sp³-hybridized carbons (Fsp3) is 0.464. The first-order chi connectivity index (χ1) is 16.4. The normalized spacial score (nSPS) is 26.8. The van der Waals surface area contributed by atoms with Crippen molar-refractivity contribution in [2.45, 2.75) is 44.1 Å². The largest absolute Gasteiger partial charge is 0.491 e. The topological polar surface area (TPSA) is 70.0 Å². The lowest BCUT2D eigenvalue weighted by Gasteiger charge is -2.44. The molecule has 2 aliphatic carbocycles. The van der Waals surface area contributed by atoms with Crippen molar-refractivity contribution in [1.82, 2.24) is 0 Å². The van der Waals surface area contributed by atoms with Crippen molar-refractivity contribution >= 4 is 23.3 Å². The van der Waals surface area contributed by atoms with E-state index in [9.17, 15) is 15.0 Å². The van der Waals surface area contributed by atoms with Crippen molar-refractivity contribution < 1.29 is 19.7 Å². The molecule has 1 aliphatic heterocycles. The first kappa shape index (κ1) is 23.3. The molecule has 34 heavy (non-hydrogen) atoms. The van der Waals surface area contributed by atoms with E-state index in [4.69, 9.17) is 16.3 Å². The van der Waals surface area contributed by atoms with Crippen molar-refractivity contribution in [3.05, 3.63) is 70.8 Å². The molecule has 1 heterocycles. The predicted octanol–water partition coefficient (Wildman–Crippen LogP) is 5.55. The molecule has 0 saturated heterocycles. The Morgan fingerprint density at radius 2 is 2.09 bits per heavy atom. The van der Waals surface area contributed by atoms with Crippen LogP contribution in [0.15, 0.2) is 49.1 Å². The highest BCUT2D eigenvalue weighted by Gasteiger charge is 2.39. The van der Waals surface area contributed by atoms with Gasteiger partial charge >= 0.3 is 5.97 Å². The highest BCUT2D eigenvalue weighted by Crippen LogP contribution is 2.44. The molecule has 0 spiro atoms. The first-order valence-electron chi connectivity index (χ1n) is 12.3. The zero-order valence-corrected chi connectivity index (χ0v) is 20.1. The van der Waals surface area contributed by atoms with Crippen LogP contribution in [0.2, 0.25) is 5.02 Å². The summed E-state index contributed by atoms with van der Waals surface area (Å²) in [5, 5.41) is 20.8. The number of carboxylic acid groups (broad SMARTS) is 1. The van der Waals surface area contributed by atoms with E-state index in [1.807, 2.05) is 6.07 Å². The van der Waals surface area contributed by atoms with Crippen LogP contribution >= 0.6 is 11.6 Å². The highest BCUT2D eigenvalue weighted by molar-refractivity contribution is 6.30. The van der Waals surface area contributed by atoms with E-state index >= 15 is 0 Å². The fourth-order valence-corrected chi connectivity index (χ4v) is 6.26. The molecule has 0 amide bonds. The Morgan fingerprint density at radius 1 is 1.24 bits per heavy atom. The number of aryl methyl sites for hydroxylation is 1. The third kappa shape index (κ3) is 4.44. The standard InChI is InChI=1S/C28H32ClNO4/c1-2-26(31)23-9-6-19(23)14-30-15-24-20(5-3-4-17-12-21(29)8-10-22(17)24)16-34-27-11-7-18(28(32)33)13-25(27)30/h2,7-8,10-13,19-20,23-24,26,31H,1,3-6,9,14-16H2,(H,32,33)/t19?,20-,23?,24?,26?/m0/s1. The Balaban J connectivity index is 1.54. The summed E-state index contributed by atoms with van der Waals surface area (Å²) in [6.07, 6.45) is 6.33. The van der Waals surface area contributed by atoms with Crippen LogP contribution in [-0.2, 0) is 6.42 Å². The number of carboxylic acids is 1. The van der Waals surface area contributed by atoms with E-state index in [-0.39, 0.29) is 17.4 Å². The SMILES string of the molecule is C=CC(O)C1CCC1CN1CC2c3ccc(Cl)cc3CCC[C@H]2COc2ccc(C(=O)O)cc21. The van der Waals surface area contributed by atoms with Gasteiger partial charge in [0.25, 0.3) is 0 Å². The molecule has 2 aromatic carbocycles. The molecule has 1 saturated carbocycles. The van der Waals surface area contributed by atoms with Crippen LogP contribution in [0, 0.1) is 17.8 Å². The molecular formula is C28H32ClNO4. The maximum atomic E-state index is 11.8. The second-order valence-corrected chi connectivity index (χ2v) is 10.5. The summed E-state index contributed by atoms with van der Waals surface area (Å²) >= 11 is 6.34. The van der Waals surface area contributed by atoms with Gasteiger partial charge in [0.1, 0.15) is 5.75 Å². The van der Waals surface area contributed by atoms with E-state index in [1.54, 1.807) is 24.3 Å². The molecule has 180 valence electrons. The molecule has 1 fully saturated rings. The molecule has 0 aromatic heterocycles. The summed E-state index contributed by atoms with van der Waals surface area (Å²) in [6.45, 7) is 5.92. The second kappa shape index (κ2) is 9.63. The van der Waals surface area contributed by atoms with E-state index < -0.39 is 12.1 Å². The average molecular weight is 482 g/mol. The molecule has 3 aliphatic rings. The first-order valence-corrected chi connectivity index (χ1v) is 12.7. The van der Waals surface area contributed by atoms with Gasteiger partial charge in [-0.2, -0.15) is 0 Å². The predicted molar refractivity (Wildman–Crippen MR) is 134 cm³/mol. The van der Waals surface area contributed by atoms with E-state index in [1.165, 1.54) is 11.1 Å². The quantitative estimate of drug-likeness (QED) is 0.548. The number of rotatable bonds is 5. The number of anilines is 1. The van der Waals surface area contributed by atoms with E-state index in [0.717, 1.165) is 61.7 Å². The van der Waals surface area contributed by atoms with Crippen LogP contribution in [-0.4, -0.2) is 42.0 Å². The number of nitrogens with zero attached hydrogens (tertiary/aromatic N) is 1. The maximum Gasteiger partial charge on any atom is 0.335 e. The Hall–Kier alpha value is -2.50. The molecule has 0 bridgehead atoms. The third-order valence-corrected chi connectivity index (χ3v) is 8.36. The summed E-state index contributed by atoms with van der Waals surface area (Å²) in [4.78, 5) is 14.1. The number of aromatic carboxylic acids is 1. The Kier molecular flexibility index (Phi) is 6.59. The summed E-state index contributed by atoms with van der Waals surface area (Å²) in [5.41, 5.74) is 3.73. The van der Waals surface area contributed by atoms with Crippen molar-refractivity contribution in [1.29, 1.82) is 0 Å². The van der Waals surface area contributed by atoms with Gasteiger partial charge in [-0.1, -0.05) is 23.7 Å². The number of carbonyl (C=O) groups is 1. The lowest BCUT2D eigenvalue weighted by atomic mass is 9.70. The van der Waals surface area contributed by atoms with E-state index in [2.05, 4.69) is 23.6 Å². The van der Waals surface area contributed by atoms with Gasteiger partial charge in [0.2, 0.25) is 0 Å². The van der Waals surface area contributed by atoms with E-state index in [0.29, 0.717) is 18.4 Å². The molecular weight excluding hydrogens is 450 g/mol. The van der Waals surface area contributed by atoms with Gasteiger partial charge < -0.3 is 19.8 Å². The molecule has 2 N–H and O–H groups in total. The van der Waals surface area contributed by atoms with Gasteiger partial charge in [-0.15, -0.1) is 6.58 Å². The van der Waals surface area contributed by atoms with Gasteiger partial charge in [0, 0.05) is 29.9 Å². The minimum Gasteiger partial charge on any atom is -0.491 e. The number of aliphatic hydroxyl groups excluding tert-OH is 1. The number of aliphatic hydroxyl groups is 1. The second-order valence-electron chi connectivity index (χ2n) is 10.0. The third-order valence-electron chi connectivity index (χ3n) is 8.12. The number of benzene rings is 2. The summed E-state index contributed by atoms with van der Waals surface area (Å²) in [6, 6.07) is 11.4. The van der Waals surface area contributed by atoms with Crippen LogP contribution < -0.4 is 9.64 Å². The number of halogens is 1. The minimum atomic E-state index is -0.944. The van der Waals surface area contributed by atoms with Gasteiger partial charge in [-0.25, -0.2) is 4.79 Å². The fourth-order valence-electron chi connectivity index (χ4n) is 6.06. The zero-order chi connectivity index (χ0) is 23.8. The van der Waals surface area contributed by atoms with Gasteiger partial charge in [0.15, 0.2) is 0 Å². The van der Waals surface area contributed by atoms with Crippen LogP contribution in [0.1, 0.15) is 53.1 Å². The summed E-state index contributed by atoms with van der Waals surface area (Å²) in [7, 11) is 0. The van der Waals surface area contributed by atoms with Crippen molar-refractivity contribution in [2.75, 3.05) is 24.6 Å². The van der Waals surface area contributed by atoms with Crippen molar-refractivity contribution in [2.24, 2.45) is 17.8 Å². The number of fused-ring (bicyclic) bond motifs is 4. The van der Waals surface area contributed by atoms with Crippen LogP contribution in [0.25, 0.3) is 0 Å². The summed E-state index contributed by atoms with van der Waals surface area (Å²) < 4.78 is 6.36. The molecule has 6 heteroatoms. The van der Waals surface area contributed by atoms with Gasteiger partial charge in [0.05, 0.1) is 24.0 Å². The minimum absolute atomic E-state index is 0.186. The average Bonchev–Trinajstić information content (AvgIpc) is 2.96. The van der Waals surface area contributed by atoms with Crippen molar-refractivity contribution in [3.63, 3.8) is 0 Å². The number of hydrogen-bond donors (Lipinski definition) is 2. The molecule has 0 radical (unpaired) electrons. The molecule has 2 aromatic rings. The molecule has 5 rings (SSSR count). The van der Waals surface area contributed by atoms with Gasteiger partial charge in [-0.05, 0) is 85.4 Å². The monoisotopic (exact) mass is 481 g/mol. The van der Waals surface area contributed by atoms with Gasteiger partial charge in [-0.3, -0.25) is 0 Å². The smallest absolute Gasteiger partial charge is 0.335 e. The lowest BCUT2D eigenvalue weighted by molar-refractivity contribution is 0.0459. The number of ether oxygens (including phenoxy) is 1. The Labute approximate surface area is 206 Å². The van der Waals surface area contributed by atoms with Crippen LogP contribution in [0.4, 0.5) is 5.69 Å². The number of hydrogen-bond acceptors (Lipinski definition) is 4. The maximum absolute atomic E-state index is 11.8. The van der Waals surface area contributed by atoms with Crippen LogP contribution in [0.5, 0.6) is 5.75 Å². The van der Waals surface area contributed by atoms with Crippen molar-refractivity contribution in [3.8, 4) is 5.75 Å². The Morgan fingerprint density at radius 3 is 2.82 bits per heavy atom.